The van der Waals surface area contributed by atoms with Crippen LogP contribution in [0.5, 0.6) is 5.75 Å². The third-order valence-electron chi connectivity index (χ3n) is 5.24. The predicted molar refractivity (Wildman–Crippen MR) is 140 cm³/mol. The van der Waals surface area contributed by atoms with E-state index in [4.69, 9.17) is 14.9 Å². The van der Waals surface area contributed by atoms with Crippen molar-refractivity contribution in [1.29, 1.82) is 0 Å². The number of anilines is 1. The molecule has 3 rings (SSSR count). The monoisotopic (exact) mass is 581 g/mol. The summed E-state index contributed by atoms with van der Waals surface area (Å²) in [5.74, 6) is -0.677. The number of halogens is 1. The van der Waals surface area contributed by atoms with Crippen LogP contribution in [0.2, 0.25) is 0 Å². The molecule has 2 N–H and O–H groups in total. The molecule has 1 fully saturated rings. The van der Waals surface area contributed by atoms with Gasteiger partial charge in [0.2, 0.25) is 0 Å². The quantitative estimate of drug-likeness (QED) is 0.352. The Balaban J connectivity index is 0.000000440. The highest BCUT2D eigenvalue weighted by Crippen LogP contribution is 2.29. The van der Waals surface area contributed by atoms with E-state index in [1.54, 1.807) is 0 Å². The molecule has 0 atom stereocenters. The Morgan fingerprint density at radius 2 is 1.74 bits per heavy atom. The molecule has 0 saturated carbocycles. The number of aromatic nitrogens is 1. The van der Waals surface area contributed by atoms with E-state index in [2.05, 4.69) is 82.5 Å². The van der Waals surface area contributed by atoms with Gasteiger partial charge in [-0.05, 0) is 79.1 Å². The van der Waals surface area contributed by atoms with Crippen LogP contribution in [0.25, 0.3) is 0 Å². The van der Waals surface area contributed by atoms with E-state index in [-0.39, 0.29) is 6.10 Å². The third-order valence-corrected chi connectivity index (χ3v) is 5.96. The van der Waals surface area contributed by atoms with Gasteiger partial charge in [0.05, 0.1) is 6.10 Å². The van der Waals surface area contributed by atoms with E-state index in [1.165, 1.54) is 9.13 Å². The van der Waals surface area contributed by atoms with Gasteiger partial charge in [0.15, 0.2) is 11.6 Å². The summed E-state index contributed by atoms with van der Waals surface area (Å²) in [6.45, 7) is 7.39. The van der Waals surface area contributed by atoms with Crippen molar-refractivity contribution in [3.8, 4) is 5.75 Å². The van der Waals surface area contributed by atoms with Crippen LogP contribution < -0.4 is 9.64 Å². The molecule has 0 radical (unpaired) electrons. The summed E-state index contributed by atoms with van der Waals surface area (Å²) in [4.78, 5) is 28.6. The fourth-order valence-electron chi connectivity index (χ4n) is 3.62. The first-order valence-electron chi connectivity index (χ1n) is 11.1. The molecule has 0 unspecified atom stereocenters. The van der Waals surface area contributed by atoms with E-state index >= 15 is 0 Å². The minimum atomic E-state index is -1.26. The van der Waals surface area contributed by atoms with Crippen molar-refractivity contribution in [2.75, 3.05) is 25.0 Å². The van der Waals surface area contributed by atoms with Crippen LogP contribution in [-0.4, -0.2) is 64.3 Å². The van der Waals surface area contributed by atoms with Crippen LogP contribution >= 0.6 is 22.6 Å². The van der Waals surface area contributed by atoms with Gasteiger partial charge in [-0.25, -0.2) is 14.6 Å². The average molecular weight is 581 g/mol. The van der Waals surface area contributed by atoms with Crippen molar-refractivity contribution in [2.24, 2.45) is 0 Å². The van der Waals surface area contributed by atoms with E-state index in [1.807, 2.05) is 18.3 Å². The summed E-state index contributed by atoms with van der Waals surface area (Å²) in [7, 11) is 2.15. The number of ether oxygens (including phenoxy) is 1. The molecule has 1 aromatic carbocycles. The number of hydrogen-bond donors (Lipinski definition) is 2. The Hall–Kier alpha value is -2.66. The number of aliphatic carboxylic acids is 2. The van der Waals surface area contributed by atoms with Crippen molar-refractivity contribution >= 4 is 40.3 Å². The second kappa shape index (κ2) is 13.9. The number of rotatable bonds is 8. The molecule has 184 valence electrons. The van der Waals surface area contributed by atoms with Crippen molar-refractivity contribution in [1.82, 2.24) is 9.88 Å². The van der Waals surface area contributed by atoms with E-state index in [9.17, 15) is 9.59 Å². The summed E-state index contributed by atoms with van der Waals surface area (Å²) >= 11 is 2.36. The zero-order valence-corrected chi connectivity index (χ0v) is 21.9. The fraction of sp³-hybridized carbons (Fsp3) is 0.400. The maximum Gasteiger partial charge on any atom is 0.328 e. The van der Waals surface area contributed by atoms with Gasteiger partial charge in [-0.15, -0.1) is 0 Å². The molecule has 8 nitrogen and oxygen atoms in total. The molecule has 0 bridgehead atoms. The maximum atomic E-state index is 9.55. The first-order valence-corrected chi connectivity index (χ1v) is 12.2. The predicted octanol–water partition coefficient (Wildman–Crippen LogP) is 4.29. The van der Waals surface area contributed by atoms with Gasteiger partial charge in [-0.3, -0.25) is 4.90 Å². The lowest BCUT2D eigenvalue weighted by molar-refractivity contribution is -0.134. The number of pyridine rings is 1. The van der Waals surface area contributed by atoms with Crippen molar-refractivity contribution in [3.05, 3.63) is 63.9 Å². The highest BCUT2D eigenvalue weighted by atomic mass is 127. The fourth-order valence-corrected chi connectivity index (χ4v) is 3.98. The lowest BCUT2D eigenvalue weighted by Crippen LogP contribution is -2.43. The Morgan fingerprint density at radius 3 is 2.26 bits per heavy atom. The van der Waals surface area contributed by atoms with Crippen LogP contribution in [0.1, 0.15) is 32.3 Å². The molecule has 0 spiro atoms. The second-order valence-corrected chi connectivity index (χ2v) is 9.49. The van der Waals surface area contributed by atoms with E-state index in [0.29, 0.717) is 18.2 Å². The Labute approximate surface area is 214 Å². The van der Waals surface area contributed by atoms with Crippen LogP contribution in [-0.2, 0) is 16.1 Å². The smallest absolute Gasteiger partial charge is 0.328 e. The number of likely N-dealkylation sites (tertiary alicyclic amines) is 1. The normalized spacial score (nSPS) is 14.5. The third kappa shape index (κ3) is 9.68. The standard InChI is InChI=1S/C21H28IN3O.C4H4O4/c1-16(2)26-20-5-4-12-23-21(20)24(3)19-10-13-25(14-11-19)15-17-6-8-18(22)9-7-17;5-3(6)1-2-4(7)8/h4-9,12,16,19H,10-11,13-15H2,1-3H3;1-2H,(H,5,6)(H,7,8)/b;2-1+. The van der Waals surface area contributed by atoms with Crippen molar-refractivity contribution in [2.45, 2.75) is 45.4 Å². The summed E-state index contributed by atoms with van der Waals surface area (Å²) in [6.07, 6.45) is 5.43. The molecule has 1 aromatic heterocycles. The van der Waals surface area contributed by atoms with Gasteiger partial charge in [-0.1, -0.05) is 12.1 Å². The van der Waals surface area contributed by atoms with Gasteiger partial charge >= 0.3 is 11.9 Å². The molecule has 0 aliphatic carbocycles. The number of nitrogens with zero attached hydrogens (tertiary/aromatic N) is 3. The Bertz CT molecular complexity index is 941. The van der Waals surface area contributed by atoms with Crippen LogP contribution in [0.3, 0.4) is 0 Å². The average Bonchev–Trinajstić information content (AvgIpc) is 2.80. The number of carbonyl (C=O) groups is 2. The van der Waals surface area contributed by atoms with Gasteiger partial charge in [0.1, 0.15) is 0 Å². The maximum absolute atomic E-state index is 9.55. The minimum absolute atomic E-state index is 0.155. The molecular weight excluding hydrogens is 549 g/mol. The largest absolute Gasteiger partial charge is 0.487 e. The van der Waals surface area contributed by atoms with Gasteiger partial charge in [-0.2, -0.15) is 0 Å². The topological polar surface area (TPSA) is 103 Å². The number of piperidine rings is 1. The molecule has 1 aliphatic heterocycles. The van der Waals surface area contributed by atoms with Crippen molar-refractivity contribution in [3.63, 3.8) is 0 Å². The highest BCUT2D eigenvalue weighted by molar-refractivity contribution is 14.1. The molecule has 2 heterocycles. The molecule has 0 amide bonds. The van der Waals surface area contributed by atoms with Crippen LogP contribution in [0, 0.1) is 3.57 Å². The minimum Gasteiger partial charge on any atom is -0.487 e. The molecule has 1 saturated heterocycles. The van der Waals surface area contributed by atoms with Gasteiger partial charge in [0, 0.05) is 54.6 Å². The summed E-state index contributed by atoms with van der Waals surface area (Å²) in [5, 5.41) is 15.6. The van der Waals surface area contributed by atoms with E-state index < -0.39 is 11.9 Å². The number of carboxylic acids is 2. The number of hydrogen-bond acceptors (Lipinski definition) is 6. The summed E-state index contributed by atoms with van der Waals surface area (Å²) in [6, 6.07) is 13.3. The number of carboxylic acid groups (broad SMARTS) is 2. The first-order chi connectivity index (χ1) is 16.2. The van der Waals surface area contributed by atoms with Crippen LogP contribution in [0.15, 0.2) is 54.7 Å². The molecule has 9 heteroatoms. The molecule has 1 aliphatic rings. The highest BCUT2D eigenvalue weighted by Gasteiger charge is 2.25. The van der Waals surface area contributed by atoms with Gasteiger partial charge < -0.3 is 19.8 Å². The van der Waals surface area contributed by atoms with Gasteiger partial charge in [0.25, 0.3) is 0 Å². The molecule has 2 aromatic rings. The first kappa shape index (κ1) is 27.6. The molecule has 34 heavy (non-hydrogen) atoms. The zero-order valence-electron chi connectivity index (χ0n) is 19.7. The lowest BCUT2D eigenvalue weighted by atomic mass is 10.0. The Morgan fingerprint density at radius 1 is 1.15 bits per heavy atom. The number of benzene rings is 1. The summed E-state index contributed by atoms with van der Waals surface area (Å²) < 4.78 is 7.24. The molecular formula is C25H32IN3O5. The van der Waals surface area contributed by atoms with Crippen LogP contribution in [0.4, 0.5) is 5.82 Å². The zero-order chi connectivity index (χ0) is 25.1. The lowest BCUT2D eigenvalue weighted by Gasteiger charge is -2.37. The second-order valence-electron chi connectivity index (χ2n) is 8.25. The SMILES string of the molecule is CC(C)Oc1cccnc1N(C)C1CCN(Cc2ccc(I)cc2)CC1.O=C(O)/C=C/C(=O)O. The van der Waals surface area contributed by atoms with E-state index in [0.717, 1.165) is 44.0 Å². The Kier molecular flexibility index (Phi) is 11.3. The summed E-state index contributed by atoms with van der Waals surface area (Å²) in [5.41, 5.74) is 1.40. The van der Waals surface area contributed by atoms with Crippen molar-refractivity contribution < 1.29 is 24.5 Å².